The van der Waals surface area contributed by atoms with E-state index in [0.29, 0.717) is 61.2 Å². The van der Waals surface area contributed by atoms with Crippen LogP contribution in [0.3, 0.4) is 0 Å². The average molecular weight is 539 g/mol. The number of amides is 1. The number of hydrogen-bond donors (Lipinski definition) is 1. The molecule has 1 unspecified atom stereocenters. The molecular weight excluding hydrogens is 496 g/mol. The average Bonchev–Trinajstić information content (AvgIpc) is 3.20. The quantitative estimate of drug-likeness (QED) is 0.184. The molecule has 0 saturated carbocycles. The number of aliphatic hydroxyl groups is 1. The molecule has 2 aromatic carbocycles. The van der Waals surface area contributed by atoms with Crippen LogP contribution < -0.4 is 14.2 Å². The molecule has 0 aromatic heterocycles. The van der Waals surface area contributed by atoms with Crippen LogP contribution in [0.5, 0.6) is 17.2 Å². The Bertz CT molecular complexity index is 1140. The molecule has 1 aliphatic rings. The third-order valence-electron chi connectivity index (χ3n) is 6.79. The van der Waals surface area contributed by atoms with Crippen LogP contribution in [0.4, 0.5) is 0 Å². The van der Waals surface area contributed by atoms with Crippen molar-refractivity contribution in [3.8, 4) is 17.2 Å². The smallest absolute Gasteiger partial charge is 0.295 e. The molecule has 1 saturated heterocycles. The van der Waals surface area contributed by atoms with E-state index in [0.717, 1.165) is 26.1 Å². The first-order chi connectivity index (χ1) is 18.9. The van der Waals surface area contributed by atoms with Crippen LogP contribution in [0.1, 0.15) is 64.6 Å². The van der Waals surface area contributed by atoms with Gasteiger partial charge in [0, 0.05) is 12.1 Å². The Morgan fingerprint density at radius 2 is 1.56 bits per heavy atom. The van der Waals surface area contributed by atoms with Gasteiger partial charge in [-0.1, -0.05) is 26.8 Å². The highest BCUT2D eigenvalue weighted by Crippen LogP contribution is 2.42. The fourth-order valence-electron chi connectivity index (χ4n) is 4.78. The molecule has 8 heteroatoms. The summed E-state index contributed by atoms with van der Waals surface area (Å²) in [5.41, 5.74) is 1.19. The molecule has 0 bridgehead atoms. The summed E-state index contributed by atoms with van der Waals surface area (Å²) in [6.07, 6.45) is 1.58. The van der Waals surface area contributed by atoms with Gasteiger partial charge in [0.2, 0.25) is 0 Å². The number of ketones is 1. The Morgan fingerprint density at radius 3 is 2.18 bits per heavy atom. The highest BCUT2D eigenvalue weighted by molar-refractivity contribution is 6.46. The van der Waals surface area contributed by atoms with E-state index in [1.165, 1.54) is 0 Å². The zero-order chi connectivity index (χ0) is 28.4. The molecule has 2 aromatic rings. The summed E-state index contributed by atoms with van der Waals surface area (Å²) < 4.78 is 17.2. The van der Waals surface area contributed by atoms with Crippen molar-refractivity contribution in [1.82, 2.24) is 9.80 Å². The normalized spacial score (nSPS) is 16.7. The number of rotatable bonds is 15. The van der Waals surface area contributed by atoms with Crippen molar-refractivity contribution < 1.29 is 28.9 Å². The Morgan fingerprint density at radius 1 is 0.897 bits per heavy atom. The summed E-state index contributed by atoms with van der Waals surface area (Å²) in [6.45, 7) is 14.5. The lowest BCUT2D eigenvalue weighted by Gasteiger charge is -2.27. The molecule has 0 aliphatic carbocycles. The first-order valence-corrected chi connectivity index (χ1v) is 14.0. The monoisotopic (exact) mass is 538 g/mol. The maximum absolute atomic E-state index is 13.4. The fraction of sp³-hybridized carbons (Fsp3) is 0.484. The summed E-state index contributed by atoms with van der Waals surface area (Å²) >= 11 is 0. The Kier molecular flexibility index (Phi) is 11.2. The van der Waals surface area contributed by atoms with E-state index in [1.54, 1.807) is 41.3 Å². The van der Waals surface area contributed by atoms with Crippen LogP contribution in [-0.2, 0) is 9.59 Å². The second kappa shape index (κ2) is 14.6. The van der Waals surface area contributed by atoms with Crippen LogP contribution in [0, 0.1) is 0 Å². The second-order valence-electron chi connectivity index (χ2n) is 9.32. The molecule has 0 radical (unpaired) electrons. The van der Waals surface area contributed by atoms with Crippen molar-refractivity contribution in [2.75, 3.05) is 46.0 Å². The number of hydrogen-bond acceptors (Lipinski definition) is 7. The maximum Gasteiger partial charge on any atom is 0.295 e. The number of nitrogens with zero attached hydrogens (tertiary/aromatic N) is 2. The molecule has 1 N–H and O–H groups in total. The summed E-state index contributed by atoms with van der Waals surface area (Å²) in [5.74, 6) is 0.273. The number of Topliss-reactive ketones (excluding diaryl/α,β-unsaturated/α-hetero) is 1. The third-order valence-corrected chi connectivity index (χ3v) is 6.79. The van der Waals surface area contributed by atoms with Gasteiger partial charge in [0.25, 0.3) is 11.7 Å². The Balaban J connectivity index is 2.07. The predicted octanol–water partition coefficient (Wildman–Crippen LogP) is 5.43. The van der Waals surface area contributed by atoms with Gasteiger partial charge in [-0.05, 0) is 88.3 Å². The SMILES string of the molecule is CCCOc1ccc(/C(O)=C2\C(=O)C(=O)N(CCCN(CC)CC)C2c2ccc(OCC)c(OCC)c2)cc1. The van der Waals surface area contributed by atoms with Crippen LogP contribution in [-0.4, -0.2) is 72.6 Å². The van der Waals surface area contributed by atoms with Gasteiger partial charge in [-0.2, -0.15) is 0 Å². The summed E-state index contributed by atoms with van der Waals surface area (Å²) in [7, 11) is 0. The molecule has 1 atom stereocenters. The van der Waals surface area contributed by atoms with Crippen molar-refractivity contribution in [2.45, 2.75) is 53.5 Å². The highest BCUT2D eigenvalue weighted by atomic mass is 16.5. The molecule has 3 rings (SSSR count). The minimum atomic E-state index is -0.757. The summed E-state index contributed by atoms with van der Waals surface area (Å²) in [5, 5.41) is 11.4. The van der Waals surface area contributed by atoms with E-state index < -0.39 is 17.7 Å². The summed E-state index contributed by atoms with van der Waals surface area (Å²) in [4.78, 5) is 30.6. The lowest BCUT2D eigenvalue weighted by Crippen LogP contribution is -2.33. The van der Waals surface area contributed by atoms with E-state index in [4.69, 9.17) is 14.2 Å². The molecular formula is C31H42N2O6. The second-order valence-corrected chi connectivity index (χ2v) is 9.32. The lowest BCUT2D eigenvalue weighted by molar-refractivity contribution is -0.140. The van der Waals surface area contributed by atoms with Crippen molar-refractivity contribution in [2.24, 2.45) is 0 Å². The molecule has 1 aliphatic heterocycles. The third kappa shape index (κ3) is 7.12. The zero-order valence-corrected chi connectivity index (χ0v) is 23.9. The van der Waals surface area contributed by atoms with E-state index in [9.17, 15) is 14.7 Å². The van der Waals surface area contributed by atoms with Gasteiger partial charge in [0.15, 0.2) is 11.5 Å². The number of likely N-dealkylation sites (tertiary alicyclic amines) is 1. The van der Waals surface area contributed by atoms with E-state index in [-0.39, 0.29) is 11.3 Å². The van der Waals surface area contributed by atoms with Crippen LogP contribution >= 0.6 is 0 Å². The minimum absolute atomic E-state index is 0.0664. The zero-order valence-electron chi connectivity index (χ0n) is 23.9. The summed E-state index contributed by atoms with van der Waals surface area (Å²) in [6, 6.07) is 11.6. The molecule has 1 fully saturated rings. The van der Waals surface area contributed by atoms with E-state index in [2.05, 4.69) is 18.7 Å². The molecule has 1 heterocycles. The minimum Gasteiger partial charge on any atom is -0.507 e. The topological polar surface area (TPSA) is 88.5 Å². The van der Waals surface area contributed by atoms with Crippen LogP contribution in [0.2, 0.25) is 0 Å². The number of carbonyl (C=O) groups is 2. The molecule has 8 nitrogen and oxygen atoms in total. The van der Waals surface area contributed by atoms with Gasteiger partial charge in [0.1, 0.15) is 11.5 Å². The highest BCUT2D eigenvalue weighted by Gasteiger charge is 2.46. The Labute approximate surface area is 232 Å². The maximum atomic E-state index is 13.4. The largest absolute Gasteiger partial charge is 0.507 e. The molecule has 0 spiro atoms. The molecule has 39 heavy (non-hydrogen) atoms. The van der Waals surface area contributed by atoms with Crippen molar-refractivity contribution in [1.29, 1.82) is 0 Å². The van der Waals surface area contributed by atoms with Gasteiger partial charge >= 0.3 is 0 Å². The standard InChI is InChI=1S/C31H42N2O6/c1-6-20-39-24-15-12-22(13-16-24)29(34)27-28(23-14-17-25(37-9-4)26(21-23)38-10-5)33(31(36)30(27)35)19-11-18-32(7-2)8-3/h12-17,21,28,34H,6-11,18-20H2,1-5H3/b29-27+. The van der Waals surface area contributed by atoms with Gasteiger partial charge in [-0.15, -0.1) is 0 Å². The van der Waals surface area contributed by atoms with Crippen LogP contribution in [0.15, 0.2) is 48.0 Å². The molecule has 1 amide bonds. The molecule has 212 valence electrons. The van der Waals surface area contributed by atoms with Gasteiger partial charge < -0.3 is 29.1 Å². The number of ether oxygens (including phenoxy) is 3. The van der Waals surface area contributed by atoms with E-state index >= 15 is 0 Å². The number of benzene rings is 2. The van der Waals surface area contributed by atoms with Crippen molar-refractivity contribution >= 4 is 17.4 Å². The number of aliphatic hydroxyl groups excluding tert-OH is 1. The fourth-order valence-corrected chi connectivity index (χ4v) is 4.78. The van der Waals surface area contributed by atoms with Gasteiger partial charge in [-0.3, -0.25) is 9.59 Å². The van der Waals surface area contributed by atoms with Crippen molar-refractivity contribution in [3.05, 3.63) is 59.2 Å². The van der Waals surface area contributed by atoms with E-state index in [1.807, 2.05) is 26.8 Å². The van der Waals surface area contributed by atoms with Gasteiger partial charge in [-0.25, -0.2) is 0 Å². The first kappa shape index (κ1) is 30.0. The van der Waals surface area contributed by atoms with Gasteiger partial charge in [0.05, 0.1) is 31.4 Å². The Hall–Kier alpha value is -3.52. The first-order valence-electron chi connectivity index (χ1n) is 14.0. The predicted molar refractivity (Wildman–Crippen MR) is 152 cm³/mol. The van der Waals surface area contributed by atoms with Crippen LogP contribution in [0.25, 0.3) is 5.76 Å². The number of carbonyl (C=O) groups excluding carboxylic acids is 2. The van der Waals surface area contributed by atoms with Crippen molar-refractivity contribution in [3.63, 3.8) is 0 Å². The lowest BCUT2D eigenvalue weighted by atomic mass is 9.95.